The third kappa shape index (κ3) is 6.57. The van der Waals surface area contributed by atoms with Gasteiger partial charge in [-0.15, -0.1) is 0 Å². The van der Waals surface area contributed by atoms with Crippen molar-refractivity contribution < 1.29 is 46.1 Å². The quantitative estimate of drug-likeness (QED) is 0.445. The molecule has 13 heteroatoms. The molecular formula is C27H30F5N3O5. The Morgan fingerprint density at radius 1 is 1.02 bits per heavy atom. The molecule has 218 valence electrons. The highest BCUT2D eigenvalue weighted by atomic mass is 19.4. The van der Waals surface area contributed by atoms with Crippen LogP contribution in [0.2, 0.25) is 0 Å². The molecule has 2 aromatic carbocycles. The molecular weight excluding hydrogens is 541 g/mol. The Balaban J connectivity index is 0.000000470. The fourth-order valence-corrected chi connectivity index (χ4v) is 5.65. The monoisotopic (exact) mass is 571 g/mol. The molecule has 1 saturated carbocycles. The van der Waals surface area contributed by atoms with E-state index < -0.39 is 29.8 Å². The van der Waals surface area contributed by atoms with Crippen LogP contribution in [0.3, 0.4) is 0 Å². The molecule has 3 aliphatic rings. The predicted molar refractivity (Wildman–Crippen MR) is 135 cm³/mol. The third-order valence-corrected chi connectivity index (χ3v) is 7.60. The zero-order valence-corrected chi connectivity index (χ0v) is 21.7. The van der Waals surface area contributed by atoms with Gasteiger partial charge in [0.2, 0.25) is 0 Å². The smallest absolute Gasteiger partial charge is 0.490 e. The van der Waals surface area contributed by atoms with Crippen molar-refractivity contribution in [2.24, 2.45) is 0 Å². The zero-order valence-electron chi connectivity index (χ0n) is 21.7. The first kappa shape index (κ1) is 29.4. The lowest BCUT2D eigenvalue weighted by Gasteiger charge is -2.45. The van der Waals surface area contributed by atoms with Crippen molar-refractivity contribution in [1.82, 2.24) is 10.2 Å². The van der Waals surface area contributed by atoms with Crippen LogP contribution in [-0.4, -0.2) is 67.1 Å². The van der Waals surface area contributed by atoms with Crippen LogP contribution in [0.5, 0.6) is 11.5 Å². The molecule has 2 fully saturated rings. The molecule has 0 bridgehead atoms. The van der Waals surface area contributed by atoms with Crippen LogP contribution in [0.1, 0.15) is 37.7 Å². The van der Waals surface area contributed by atoms with Gasteiger partial charge in [0.15, 0.2) is 23.1 Å². The van der Waals surface area contributed by atoms with E-state index >= 15 is 0 Å². The molecule has 2 aromatic rings. The van der Waals surface area contributed by atoms with E-state index in [9.17, 15) is 26.7 Å². The first-order valence-electron chi connectivity index (χ1n) is 12.8. The molecule has 40 heavy (non-hydrogen) atoms. The van der Waals surface area contributed by atoms with Crippen molar-refractivity contribution >= 4 is 17.7 Å². The third-order valence-electron chi connectivity index (χ3n) is 7.60. The van der Waals surface area contributed by atoms with Gasteiger partial charge in [0.05, 0.1) is 13.2 Å². The van der Waals surface area contributed by atoms with Gasteiger partial charge in [-0.1, -0.05) is 6.07 Å². The second-order valence-electron chi connectivity index (χ2n) is 10.1. The Kier molecular flexibility index (Phi) is 8.71. The van der Waals surface area contributed by atoms with Gasteiger partial charge in [-0.05, 0) is 69.1 Å². The molecule has 2 amide bonds. The van der Waals surface area contributed by atoms with E-state index in [-0.39, 0.29) is 23.2 Å². The molecule has 2 aliphatic heterocycles. The lowest BCUT2D eigenvalue weighted by molar-refractivity contribution is -0.192. The summed E-state index contributed by atoms with van der Waals surface area (Å²) in [6, 6.07) is 9.55. The molecule has 1 saturated heterocycles. The fourth-order valence-electron chi connectivity index (χ4n) is 5.65. The maximum Gasteiger partial charge on any atom is 0.490 e. The SMILES string of the molecule is CN1CC[C@]2(c3ccc4c(c3)OCCCO4)CC[C@@H](NC(=O)Nc3ccc(F)c(F)c3)C[C@H]12.O=C(O)C(F)(F)F. The summed E-state index contributed by atoms with van der Waals surface area (Å²) in [6.45, 7) is 2.32. The average molecular weight is 572 g/mol. The van der Waals surface area contributed by atoms with Gasteiger partial charge in [0, 0.05) is 35.7 Å². The van der Waals surface area contributed by atoms with Gasteiger partial charge in [0.1, 0.15) is 0 Å². The van der Waals surface area contributed by atoms with Gasteiger partial charge < -0.3 is 30.1 Å². The number of urea groups is 1. The van der Waals surface area contributed by atoms with E-state index in [0.29, 0.717) is 13.2 Å². The van der Waals surface area contributed by atoms with Crippen molar-refractivity contribution in [3.63, 3.8) is 0 Å². The van der Waals surface area contributed by atoms with Crippen LogP contribution in [-0.2, 0) is 10.2 Å². The summed E-state index contributed by atoms with van der Waals surface area (Å²) in [4.78, 5) is 23.8. The maximum absolute atomic E-state index is 13.4. The van der Waals surface area contributed by atoms with Crippen LogP contribution >= 0.6 is 0 Å². The number of ether oxygens (including phenoxy) is 2. The van der Waals surface area contributed by atoms with Crippen LogP contribution in [0, 0.1) is 11.6 Å². The number of alkyl halides is 3. The van der Waals surface area contributed by atoms with Crippen molar-refractivity contribution in [1.29, 1.82) is 0 Å². The molecule has 0 aromatic heterocycles. The van der Waals surface area contributed by atoms with Crippen LogP contribution in [0.25, 0.3) is 0 Å². The number of fused-ring (bicyclic) bond motifs is 2. The van der Waals surface area contributed by atoms with E-state index in [1.54, 1.807) is 0 Å². The van der Waals surface area contributed by atoms with E-state index in [0.717, 1.165) is 62.3 Å². The number of hydrogen-bond acceptors (Lipinski definition) is 5. The minimum Gasteiger partial charge on any atom is -0.490 e. The second kappa shape index (κ2) is 11.9. The minimum atomic E-state index is -5.08. The summed E-state index contributed by atoms with van der Waals surface area (Å²) in [5.41, 5.74) is 1.50. The molecule has 0 spiro atoms. The van der Waals surface area contributed by atoms with Gasteiger partial charge >= 0.3 is 18.2 Å². The average Bonchev–Trinajstić information content (AvgIpc) is 3.07. The van der Waals surface area contributed by atoms with Crippen LogP contribution in [0.15, 0.2) is 36.4 Å². The lowest BCUT2D eigenvalue weighted by Crippen LogP contribution is -2.52. The highest BCUT2D eigenvalue weighted by Gasteiger charge is 2.50. The zero-order chi connectivity index (χ0) is 29.1. The summed E-state index contributed by atoms with van der Waals surface area (Å²) in [5, 5.41) is 12.8. The Labute approximate surface area is 227 Å². The van der Waals surface area contributed by atoms with Crippen molar-refractivity contribution in [2.45, 2.75) is 55.8 Å². The second-order valence-corrected chi connectivity index (χ2v) is 10.1. The molecule has 5 rings (SSSR count). The number of amides is 2. The normalized spacial score (nSPS) is 24.1. The van der Waals surface area contributed by atoms with E-state index in [4.69, 9.17) is 19.4 Å². The van der Waals surface area contributed by atoms with E-state index in [2.05, 4.69) is 34.7 Å². The predicted octanol–water partition coefficient (Wildman–Crippen LogP) is 5.08. The van der Waals surface area contributed by atoms with Gasteiger partial charge in [-0.3, -0.25) is 0 Å². The molecule has 0 radical (unpaired) electrons. The largest absolute Gasteiger partial charge is 0.490 e. The van der Waals surface area contributed by atoms with Crippen LogP contribution < -0.4 is 20.1 Å². The molecule has 1 aliphatic carbocycles. The Morgan fingerprint density at radius 2 is 1.73 bits per heavy atom. The topological polar surface area (TPSA) is 100 Å². The summed E-state index contributed by atoms with van der Waals surface area (Å²) >= 11 is 0. The standard InChI is InChI=1S/C25H29F2N3O3.C2HF3O2/c1-30-10-9-25(16-3-6-21-22(13-16)33-12-2-11-32-21)8-7-18(15-23(25)30)29-24(31)28-17-4-5-19(26)20(27)14-17;3-2(4,5)1(6)7/h3-6,13-14,18,23H,2,7-12,15H2,1H3,(H2,28,29,31);(H,6,7)/t18-,23+,25+;/m1./s1. The Morgan fingerprint density at radius 3 is 2.40 bits per heavy atom. The molecule has 8 nitrogen and oxygen atoms in total. The molecule has 3 N–H and O–H groups in total. The number of hydrogen-bond donors (Lipinski definition) is 3. The summed E-state index contributed by atoms with van der Waals surface area (Å²) in [6.07, 6.45) is -0.556. The van der Waals surface area contributed by atoms with E-state index in [1.807, 2.05) is 6.07 Å². The minimum absolute atomic E-state index is 0.00520. The number of anilines is 1. The van der Waals surface area contributed by atoms with Gasteiger partial charge in [-0.25, -0.2) is 18.4 Å². The molecule has 3 atom stereocenters. The maximum atomic E-state index is 13.4. The lowest BCUT2D eigenvalue weighted by atomic mass is 9.65. The highest BCUT2D eigenvalue weighted by Crippen LogP contribution is 2.50. The number of carbonyl (C=O) groups excluding carboxylic acids is 1. The number of carboxylic acids is 1. The number of carboxylic acid groups (broad SMARTS) is 1. The van der Waals surface area contributed by atoms with E-state index in [1.165, 1.54) is 11.6 Å². The number of likely N-dealkylation sites (tertiary alicyclic amines) is 1. The van der Waals surface area contributed by atoms with Crippen molar-refractivity contribution in [3.8, 4) is 11.5 Å². The van der Waals surface area contributed by atoms with Crippen LogP contribution in [0.4, 0.5) is 32.4 Å². The summed E-state index contributed by atoms with van der Waals surface area (Å²) in [5.74, 6) is -3.06. The Hall–Kier alpha value is -3.61. The number of rotatable bonds is 3. The molecule has 2 heterocycles. The number of halogens is 5. The fraction of sp³-hybridized carbons (Fsp3) is 0.481. The number of carbonyl (C=O) groups is 2. The van der Waals surface area contributed by atoms with Crippen molar-refractivity contribution in [2.75, 3.05) is 32.1 Å². The van der Waals surface area contributed by atoms with Crippen molar-refractivity contribution in [3.05, 3.63) is 53.6 Å². The first-order chi connectivity index (χ1) is 18.9. The first-order valence-corrected chi connectivity index (χ1v) is 12.8. The highest BCUT2D eigenvalue weighted by molar-refractivity contribution is 5.89. The summed E-state index contributed by atoms with van der Waals surface area (Å²) < 4.78 is 70.1. The van der Waals surface area contributed by atoms with Gasteiger partial charge in [-0.2, -0.15) is 13.2 Å². The molecule has 0 unspecified atom stereocenters. The number of benzene rings is 2. The van der Waals surface area contributed by atoms with Gasteiger partial charge in [0.25, 0.3) is 0 Å². The summed E-state index contributed by atoms with van der Waals surface area (Å²) in [7, 11) is 2.14. The number of aliphatic carboxylic acids is 1. The number of likely N-dealkylation sites (N-methyl/N-ethyl adjacent to an activating group) is 1. The Bertz CT molecular complexity index is 1240. The number of nitrogens with zero attached hydrogens (tertiary/aromatic N) is 1. The number of nitrogens with one attached hydrogen (secondary N) is 2.